The van der Waals surface area contributed by atoms with E-state index in [1.54, 1.807) is 0 Å². The Morgan fingerprint density at radius 1 is 1.45 bits per heavy atom. The fourth-order valence-corrected chi connectivity index (χ4v) is 2.33. The highest BCUT2D eigenvalue weighted by atomic mass is 16.5. The van der Waals surface area contributed by atoms with Crippen molar-refractivity contribution in [3.8, 4) is 0 Å². The summed E-state index contributed by atoms with van der Waals surface area (Å²) in [5, 5.41) is 2.96. The summed E-state index contributed by atoms with van der Waals surface area (Å²) < 4.78 is 5.30. The Labute approximate surface area is 120 Å². The van der Waals surface area contributed by atoms with Gasteiger partial charge in [-0.05, 0) is 24.0 Å². The number of carbonyl (C=O) groups is 1. The van der Waals surface area contributed by atoms with Crippen LogP contribution in [0.15, 0.2) is 24.3 Å². The van der Waals surface area contributed by atoms with Crippen LogP contribution in [-0.2, 0) is 16.1 Å². The molecule has 1 amide bonds. The molecular weight excluding hydrogens is 252 g/mol. The van der Waals surface area contributed by atoms with Gasteiger partial charge in [-0.1, -0.05) is 38.1 Å². The van der Waals surface area contributed by atoms with Gasteiger partial charge in [-0.15, -0.1) is 0 Å². The summed E-state index contributed by atoms with van der Waals surface area (Å²) in [6.45, 7) is 7.57. The fraction of sp³-hybridized carbons (Fsp3) is 0.562. The Morgan fingerprint density at radius 3 is 2.60 bits per heavy atom. The molecule has 1 aromatic carbocycles. The van der Waals surface area contributed by atoms with E-state index in [0.717, 1.165) is 5.56 Å². The smallest absolute Gasteiger partial charge is 0.230 e. The van der Waals surface area contributed by atoms with Crippen LogP contribution in [0.5, 0.6) is 0 Å². The van der Waals surface area contributed by atoms with Gasteiger partial charge in [-0.25, -0.2) is 0 Å². The minimum absolute atomic E-state index is 0.0320. The second-order valence-electron chi connectivity index (χ2n) is 6.12. The van der Waals surface area contributed by atoms with Gasteiger partial charge >= 0.3 is 0 Å². The van der Waals surface area contributed by atoms with Crippen molar-refractivity contribution in [2.75, 3.05) is 13.2 Å². The Hall–Kier alpha value is -1.39. The first-order valence-corrected chi connectivity index (χ1v) is 7.14. The summed E-state index contributed by atoms with van der Waals surface area (Å²) in [4.78, 5) is 12.3. The molecule has 2 unspecified atom stereocenters. The van der Waals surface area contributed by atoms with E-state index >= 15 is 0 Å². The number of rotatable bonds is 4. The fourth-order valence-electron chi connectivity index (χ4n) is 2.33. The van der Waals surface area contributed by atoms with E-state index < -0.39 is 5.41 Å². The van der Waals surface area contributed by atoms with Crippen LogP contribution in [0.25, 0.3) is 0 Å². The minimum atomic E-state index is -0.613. The van der Waals surface area contributed by atoms with Crippen LogP contribution >= 0.6 is 0 Å². The lowest BCUT2D eigenvalue weighted by Gasteiger charge is -2.25. The maximum absolute atomic E-state index is 12.3. The zero-order valence-corrected chi connectivity index (χ0v) is 12.5. The van der Waals surface area contributed by atoms with Crippen LogP contribution in [0.2, 0.25) is 0 Å². The molecule has 1 saturated heterocycles. The van der Waals surface area contributed by atoms with Crippen LogP contribution in [0.1, 0.15) is 37.8 Å². The van der Waals surface area contributed by atoms with E-state index in [4.69, 9.17) is 10.5 Å². The monoisotopic (exact) mass is 276 g/mol. The number of hydrogen-bond donors (Lipinski definition) is 2. The van der Waals surface area contributed by atoms with Crippen molar-refractivity contribution in [1.29, 1.82) is 0 Å². The molecule has 1 aliphatic rings. The maximum Gasteiger partial charge on any atom is 0.230 e. The van der Waals surface area contributed by atoms with Gasteiger partial charge in [0.25, 0.3) is 0 Å². The number of nitrogens with one attached hydrogen (secondary N) is 1. The van der Waals surface area contributed by atoms with E-state index in [0.29, 0.717) is 25.7 Å². The SMILES string of the molecule is CC(C)c1ccc(CNC(=O)C2(C)COCC2N)cc1. The van der Waals surface area contributed by atoms with Gasteiger partial charge in [0.2, 0.25) is 5.91 Å². The van der Waals surface area contributed by atoms with Crippen LogP contribution in [0.3, 0.4) is 0 Å². The van der Waals surface area contributed by atoms with E-state index in [-0.39, 0.29) is 11.9 Å². The summed E-state index contributed by atoms with van der Waals surface area (Å²) in [6.07, 6.45) is 0. The summed E-state index contributed by atoms with van der Waals surface area (Å²) >= 11 is 0. The summed E-state index contributed by atoms with van der Waals surface area (Å²) in [6, 6.07) is 8.11. The highest BCUT2D eigenvalue weighted by Gasteiger charge is 2.44. The van der Waals surface area contributed by atoms with E-state index in [2.05, 4.69) is 43.4 Å². The quantitative estimate of drug-likeness (QED) is 0.881. The predicted octanol–water partition coefficient (Wildman–Crippen LogP) is 1.79. The third kappa shape index (κ3) is 3.02. The molecule has 20 heavy (non-hydrogen) atoms. The second-order valence-corrected chi connectivity index (χ2v) is 6.12. The highest BCUT2D eigenvalue weighted by Crippen LogP contribution is 2.27. The third-order valence-electron chi connectivity index (χ3n) is 4.14. The van der Waals surface area contributed by atoms with Gasteiger partial charge in [0, 0.05) is 12.6 Å². The number of carbonyl (C=O) groups excluding carboxylic acids is 1. The molecule has 110 valence electrons. The van der Waals surface area contributed by atoms with Crippen molar-refractivity contribution in [2.45, 2.75) is 39.3 Å². The lowest BCUT2D eigenvalue weighted by atomic mass is 9.85. The first-order chi connectivity index (χ1) is 9.43. The molecule has 0 aromatic heterocycles. The molecule has 3 N–H and O–H groups in total. The van der Waals surface area contributed by atoms with Gasteiger partial charge in [-0.2, -0.15) is 0 Å². The zero-order chi connectivity index (χ0) is 14.8. The Bertz CT molecular complexity index is 470. The lowest BCUT2D eigenvalue weighted by molar-refractivity contribution is -0.130. The van der Waals surface area contributed by atoms with Crippen molar-refractivity contribution in [3.05, 3.63) is 35.4 Å². The molecule has 1 fully saturated rings. The van der Waals surface area contributed by atoms with Crippen molar-refractivity contribution in [2.24, 2.45) is 11.1 Å². The number of hydrogen-bond acceptors (Lipinski definition) is 3. The topological polar surface area (TPSA) is 64.3 Å². The molecule has 0 bridgehead atoms. The summed E-state index contributed by atoms with van der Waals surface area (Å²) in [5.41, 5.74) is 7.74. The molecule has 1 aliphatic heterocycles. The van der Waals surface area contributed by atoms with Gasteiger partial charge in [0.05, 0.1) is 18.6 Å². The van der Waals surface area contributed by atoms with Gasteiger partial charge < -0.3 is 15.8 Å². The highest BCUT2D eigenvalue weighted by molar-refractivity contribution is 5.83. The number of nitrogens with two attached hydrogens (primary N) is 1. The molecular formula is C16H24N2O2. The minimum Gasteiger partial charge on any atom is -0.379 e. The molecule has 1 aromatic rings. The number of ether oxygens (including phenoxy) is 1. The van der Waals surface area contributed by atoms with Crippen LogP contribution in [0, 0.1) is 5.41 Å². The molecule has 2 rings (SSSR count). The van der Waals surface area contributed by atoms with Gasteiger partial charge in [-0.3, -0.25) is 4.79 Å². The molecule has 0 radical (unpaired) electrons. The van der Waals surface area contributed by atoms with Gasteiger partial charge in [0.1, 0.15) is 0 Å². The molecule has 4 heteroatoms. The van der Waals surface area contributed by atoms with Crippen LogP contribution in [0.4, 0.5) is 0 Å². The maximum atomic E-state index is 12.3. The van der Waals surface area contributed by atoms with E-state index in [9.17, 15) is 4.79 Å². The van der Waals surface area contributed by atoms with Crippen molar-refractivity contribution >= 4 is 5.91 Å². The summed E-state index contributed by atoms with van der Waals surface area (Å²) in [5.74, 6) is 0.488. The molecule has 2 atom stereocenters. The van der Waals surface area contributed by atoms with E-state index in [1.807, 2.05) is 6.92 Å². The van der Waals surface area contributed by atoms with E-state index in [1.165, 1.54) is 5.56 Å². The Kier molecular flexibility index (Phi) is 4.45. The summed E-state index contributed by atoms with van der Waals surface area (Å²) in [7, 11) is 0. The van der Waals surface area contributed by atoms with Gasteiger partial charge in [0.15, 0.2) is 0 Å². The number of amides is 1. The predicted molar refractivity (Wildman–Crippen MR) is 79.3 cm³/mol. The first-order valence-electron chi connectivity index (χ1n) is 7.14. The van der Waals surface area contributed by atoms with Crippen molar-refractivity contribution in [3.63, 3.8) is 0 Å². The number of benzene rings is 1. The van der Waals surface area contributed by atoms with Crippen molar-refractivity contribution in [1.82, 2.24) is 5.32 Å². The largest absolute Gasteiger partial charge is 0.379 e. The lowest BCUT2D eigenvalue weighted by Crippen LogP contribution is -2.49. The normalized spacial score (nSPS) is 25.9. The molecule has 0 spiro atoms. The third-order valence-corrected chi connectivity index (χ3v) is 4.14. The first kappa shape index (κ1) is 15.0. The van der Waals surface area contributed by atoms with Crippen molar-refractivity contribution < 1.29 is 9.53 Å². The molecule has 0 saturated carbocycles. The van der Waals surface area contributed by atoms with Crippen LogP contribution < -0.4 is 11.1 Å². The molecule has 0 aliphatic carbocycles. The average Bonchev–Trinajstić information content (AvgIpc) is 2.77. The standard InChI is InChI=1S/C16H24N2O2/c1-11(2)13-6-4-12(5-7-13)8-18-15(19)16(3)10-20-9-14(16)17/h4-7,11,14H,8-10,17H2,1-3H3,(H,18,19). The second kappa shape index (κ2) is 5.94. The van der Waals surface area contributed by atoms with Crippen LogP contribution in [-0.4, -0.2) is 25.2 Å². The Balaban J connectivity index is 1.93. The molecule has 4 nitrogen and oxygen atoms in total. The average molecular weight is 276 g/mol. The Morgan fingerprint density at radius 2 is 2.10 bits per heavy atom. The zero-order valence-electron chi connectivity index (χ0n) is 12.5. The molecule has 1 heterocycles.